The number of aromatic nitrogens is 2. The lowest BCUT2D eigenvalue weighted by molar-refractivity contribution is 0.0518. The Morgan fingerprint density at radius 1 is 1.46 bits per heavy atom. The summed E-state index contributed by atoms with van der Waals surface area (Å²) in [6.07, 6.45) is 0.928. The largest absolute Gasteiger partial charge is 0.443 e. The molecule has 0 unspecified atom stereocenters. The smallest absolute Gasteiger partial charge is 0.426 e. The molecule has 0 bridgehead atoms. The van der Waals surface area contributed by atoms with Gasteiger partial charge < -0.3 is 9.47 Å². The van der Waals surface area contributed by atoms with E-state index in [4.69, 9.17) is 14.7 Å². The summed E-state index contributed by atoms with van der Waals surface area (Å²) in [5.41, 5.74) is 2.73. The van der Waals surface area contributed by atoms with Crippen LogP contribution in [0.4, 0.5) is 10.6 Å². The molecule has 0 fully saturated rings. The van der Waals surface area contributed by atoms with Gasteiger partial charge in [-0.15, -0.1) is 0 Å². The molecule has 0 aliphatic rings. The van der Waals surface area contributed by atoms with Crippen molar-refractivity contribution < 1.29 is 14.3 Å². The Kier molecular flexibility index (Phi) is 6.92. The van der Waals surface area contributed by atoms with Crippen LogP contribution in [0.1, 0.15) is 46.0 Å². The summed E-state index contributed by atoms with van der Waals surface area (Å²) in [6.45, 7) is 10.1. The number of hydrogen-bond donors (Lipinski definition) is 1. The highest BCUT2D eigenvalue weighted by atomic mass is 16.6. The van der Waals surface area contributed by atoms with E-state index in [0.29, 0.717) is 17.9 Å². The molecule has 24 heavy (non-hydrogen) atoms. The van der Waals surface area contributed by atoms with Crippen molar-refractivity contribution in [2.75, 3.05) is 18.7 Å². The van der Waals surface area contributed by atoms with Crippen LogP contribution in [0, 0.1) is 17.2 Å². The fourth-order valence-electron chi connectivity index (χ4n) is 1.90. The number of hydrogen-bond acceptors (Lipinski definition) is 7. The van der Waals surface area contributed by atoms with E-state index < -0.39 is 11.7 Å². The van der Waals surface area contributed by atoms with E-state index >= 15 is 0 Å². The molecule has 1 aromatic heterocycles. The van der Waals surface area contributed by atoms with E-state index in [2.05, 4.69) is 15.4 Å². The van der Waals surface area contributed by atoms with Gasteiger partial charge in [-0.1, -0.05) is 13.8 Å². The normalized spacial score (nSPS) is 11.1. The maximum atomic E-state index is 12.1. The van der Waals surface area contributed by atoms with Gasteiger partial charge in [0.05, 0.1) is 6.61 Å². The van der Waals surface area contributed by atoms with Gasteiger partial charge >= 0.3 is 6.09 Å². The third-order valence-electron chi connectivity index (χ3n) is 2.67. The number of hydrazine groups is 1. The molecule has 1 amide bonds. The SMILES string of the molecule is COCc1cnc(C#N)nc1N(CC(C)C)NC(=O)OC(C)(C)C. The van der Waals surface area contributed by atoms with Gasteiger partial charge in [0.15, 0.2) is 5.82 Å². The zero-order valence-corrected chi connectivity index (χ0v) is 15.1. The molecule has 0 aromatic carbocycles. The van der Waals surface area contributed by atoms with E-state index in [1.807, 2.05) is 19.9 Å². The van der Waals surface area contributed by atoms with Crippen molar-refractivity contribution in [2.24, 2.45) is 5.92 Å². The molecule has 1 heterocycles. The topological polar surface area (TPSA) is 100 Å². The first-order valence-corrected chi connectivity index (χ1v) is 7.68. The van der Waals surface area contributed by atoms with Crippen LogP contribution in [-0.2, 0) is 16.1 Å². The molecule has 132 valence electrons. The van der Waals surface area contributed by atoms with Gasteiger partial charge in [0, 0.05) is 25.4 Å². The molecule has 8 heteroatoms. The molecule has 8 nitrogen and oxygen atoms in total. The second-order valence-electron chi connectivity index (χ2n) is 6.71. The van der Waals surface area contributed by atoms with Crippen LogP contribution in [-0.4, -0.2) is 35.3 Å². The Morgan fingerprint density at radius 3 is 2.62 bits per heavy atom. The van der Waals surface area contributed by atoms with Crippen molar-refractivity contribution in [2.45, 2.75) is 46.8 Å². The molecule has 0 saturated heterocycles. The van der Waals surface area contributed by atoms with Crippen molar-refractivity contribution in [3.8, 4) is 6.07 Å². The molecule has 0 aliphatic heterocycles. The monoisotopic (exact) mass is 335 g/mol. The van der Waals surface area contributed by atoms with E-state index in [1.165, 1.54) is 6.20 Å². The van der Waals surface area contributed by atoms with E-state index in [9.17, 15) is 4.79 Å². The third-order valence-corrected chi connectivity index (χ3v) is 2.67. The van der Waals surface area contributed by atoms with Crippen molar-refractivity contribution in [3.05, 3.63) is 17.6 Å². The van der Waals surface area contributed by atoms with E-state index in [0.717, 1.165) is 0 Å². The van der Waals surface area contributed by atoms with Gasteiger partial charge in [0.1, 0.15) is 11.7 Å². The maximum absolute atomic E-state index is 12.1. The van der Waals surface area contributed by atoms with Crippen molar-refractivity contribution >= 4 is 11.9 Å². The number of nitrogens with one attached hydrogen (secondary N) is 1. The van der Waals surface area contributed by atoms with Gasteiger partial charge in [-0.3, -0.25) is 5.01 Å². The number of nitrogens with zero attached hydrogens (tertiary/aromatic N) is 4. The van der Waals surface area contributed by atoms with Crippen LogP contribution < -0.4 is 10.4 Å². The summed E-state index contributed by atoms with van der Waals surface area (Å²) in [4.78, 5) is 20.3. The van der Waals surface area contributed by atoms with Gasteiger partial charge in [0.2, 0.25) is 5.82 Å². The van der Waals surface area contributed by atoms with E-state index in [1.54, 1.807) is 32.9 Å². The minimum Gasteiger partial charge on any atom is -0.443 e. The van der Waals surface area contributed by atoms with Crippen LogP contribution in [0.25, 0.3) is 0 Å². The number of ether oxygens (including phenoxy) is 2. The number of methoxy groups -OCH3 is 1. The maximum Gasteiger partial charge on any atom is 0.426 e. The molecule has 1 aromatic rings. The number of amides is 1. The van der Waals surface area contributed by atoms with Crippen LogP contribution in [0.2, 0.25) is 0 Å². The van der Waals surface area contributed by atoms with Gasteiger partial charge in [0.25, 0.3) is 0 Å². The number of carbonyl (C=O) groups is 1. The highest BCUT2D eigenvalue weighted by molar-refractivity contribution is 5.70. The van der Waals surface area contributed by atoms with Crippen molar-refractivity contribution in [3.63, 3.8) is 0 Å². The second kappa shape index (κ2) is 8.45. The Hall–Kier alpha value is -2.40. The molecule has 0 atom stereocenters. The van der Waals surface area contributed by atoms with Crippen LogP contribution in [0.3, 0.4) is 0 Å². The molecule has 1 rings (SSSR count). The summed E-state index contributed by atoms with van der Waals surface area (Å²) in [5.74, 6) is 0.670. The van der Waals surface area contributed by atoms with Crippen LogP contribution in [0.5, 0.6) is 0 Å². The van der Waals surface area contributed by atoms with Gasteiger partial charge in [-0.25, -0.2) is 15.2 Å². The summed E-state index contributed by atoms with van der Waals surface area (Å²) >= 11 is 0. The van der Waals surface area contributed by atoms with Crippen LogP contribution >= 0.6 is 0 Å². The minimum absolute atomic E-state index is 0.0181. The van der Waals surface area contributed by atoms with Crippen molar-refractivity contribution in [1.29, 1.82) is 5.26 Å². The average molecular weight is 335 g/mol. The Bertz CT molecular complexity index is 605. The van der Waals surface area contributed by atoms with Crippen molar-refractivity contribution in [1.82, 2.24) is 15.4 Å². The van der Waals surface area contributed by atoms with Gasteiger partial charge in [-0.2, -0.15) is 10.2 Å². The lowest BCUT2D eigenvalue weighted by Gasteiger charge is -2.29. The molecule has 0 spiro atoms. The minimum atomic E-state index is -0.619. The Labute approximate surface area is 142 Å². The number of anilines is 1. The quantitative estimate of drug-likeness (QED) is 0.797. The first kappa shape index (κ1) is 19.6. The summed E-state index contributed by atoms with van der Waals surface area (Å²) in [5, 5.41) is 10.6. The van der Waals surface area contributed by atoms with Gasteiger partial charge in [-0.05, 0) is 26.7 Å². The molecular formula is C16H25N5O3. The predicted molar refractivity (Wildman–Crippen MR) is 89.0 cm³/mol. The van der Waals surface area contributed by atoms with Crippen LogP contribution in [0.15, 0.2) is 6.20 Å². The molecule has 1 N–H and O–H groups in total. The third kappa shape index (κ3) is 6.38. The first-order valence-electron chi connectivity index (χ1n) is 7.68. The Balaban J connectivity index is 3.15. The molecule has 0 radical (unpaired) electrons. The lowest BCUT2D eigenvalue weighted by Crippen LogP contribution is -2.47. The second-order valence-corrected chi connectivity index (χ2v) is 6.71. The molecule has 0 saturated carbocycles. The highest BCUT2D eigenvalue weighted by Gasteiger charge is 2.22. The summed E-state index contributed by atoms with van der Waals surface area (Å²) in [6, 6.07) is 1.90. The Morgan fingerprint density at radius 2 is 2.12 bits per heavy atom. The predicted octanol–water partition coefficient (Wildman–Crippen LogP) is 2.40. The number of nitriles is 1. The number of carbonyl (C=O) groups excluding carboxylic acids is 1. The van der Waals surface area contributed by atoms with E-state index in [-0.39, 0.29) is 18.3 Å². The fraction of sp³-hybridized carbons (Fsp3) is 0.625. The molecular weight excluding hydrogens is 310 g/mol. The standard InChI is InChI=1S/C16H25N5O3/c1-11(2)9-21(20-15(22)24-16(3,4)5)14-12(10-23-6)8-18-13(7-17)19-14/h8,11H,9-10H2,1-6H3,(H,20,22). The fourth-order valence-corrected chi connectivity index (χ4v) is 1.90. The zero-order valence-electron chi connectivity index (χ0n) is 15.1. The highest BCUT2D eigenvalue weighted by Crippen LogP contribution is 2.18. The summed E-state index contributed by atoms with van der Waals surface area (Å²) < 4.78 is 10.4. The zero-order chi connectivity index (χ0) is 18.3. The number of rotatable bonds is 6. The average Bonchev–Trinajstić information content (AvgIpc) is 2.44. The molecule has 0 aliphatic carbocycles. The summed E-state index contributed by atoms with van der Waals surface area (Å²) in [7, 11) is 1.55. The lowest BCUT2D eigenvalue weighted by atomic mass is 10.2. The first-order chi connectivity index (χ1) is 11.2.